The number of rotatable bonds is 1. The van der Waals surface area contributed by atoms with Crippen LogP contribution in [0.5, 0.6) is 0 Å². The van der Waals surface area contributed by atoms with Crippen LogP contribution in [-0.4, -0.2) is 21.4 Å². The number of hydrogen-bond acceptors (Lipinski definition) is 5. The third-order valence-electron chi connectivity index (χ3n) is 2.60. The predicted octanol–water partition coefficient (Wildman–Crippen LogP) is 2.27. The van der Waals surface area contributed by atoms with Crippen LogP contribution < -0.4 is 5.56 Å². The van der Waals surface area contributed by atoms with Gasteiger partial charge >= 0.3 is 0 Å². The highest BCUT2D eigenvalue weighted by molar-refractivity contribution is 7.98. The van der Waals surface area contributed by atoms with Crippen molar-refractivity contribution in [2.75, 3.05) is 12.0 Å². The summed E-state index contributed by atoms with van der Waals surface area (Å²) >= 11 is 5.11. The van der Waals surface area contributed by atoms with Gasteiger partial charge in [0.2, 0.25) is 0 Å². The van der Waals surface area contributed by atoms with Crippen molar-refractivity contribution in [2.24, 2.45) is 0 Å². The second-order valence-corrected chi connectivity index (χ2v) is 6.52. The smallest absolute Gasteiger partial charge is 0.259 e. The van der Waals surface area contributed by atoms with E-state index in [1.807, 2.05) is 18.0 Å². The highest BCUT2D eigenvalue weighted by Crippen LogP contribution is 2.31. The zero-order chi connectivity index (χ0) is 11.1. The van der Waals surface area contributed by atoms with E-state index in [-0.39, 0.29) is 5.56 Å². The molecule has 0 fully saturated rings. The second-order valence-electron chi connectivity index (χ2n) is 3.53. The lowest BCUT2D eigenvalue weighted by atomic mass is 10.3. The lowest BCUT2D eigenvalue weighted by molar-refractivity contribution is 0.910. The molecule has 84 valence electrons. The summed E-state index contributed by atoms with van der Waals surface area (Å²) in [5, 5.41) is 0.816. The van der Waals surface area contributed by atoms with E-state index in [4.69, 9.17) is 0 Å². The highest BCUT2D eigenvalue weighted by atomic mass is 32.2. The molecule has 0 aromatic carbocycles. The van der Waals surface area contributed by atoms with E-state index in [2.05, 4.69) is 4.98 Å². The third-order valence-corrected chi connectivity index (χ3v) is 5.47. The zero-order valence-corrected chi connectivity index (χ0v) is 11.2. The zero-order valence-electron chi connectivity index (χ0n) is 8.73. The molecule has 1 aliphatic rings. The Hall–Kier alpha value is -0.460. The Morgan fingerprint density at radius 2 is 2.44 bits per heavy atom. The summed E-state index contributed by atoms with van der Waals surface area (Å²) in [5.74, 6) is 2.13. The molecule has 3 rings (SSSR count). The maximum atomic E-state index is 12.0. The third kappa shape index (κ3) is 1.59. The minimum absolute atomic E-state index is 0.0683. The monoisotopic (exact) mass is 270 g/mol. The van der Waals surface area contributed by atoms with Crippen LogP contribution in [-0.2, 0) is 12.2 Å². The largest absolute Gasteiger partial charge is 0.269 e. The Bertz CT molecular complexity index is 602. The summed E-state index contributed by atoms with van der Waals surface area (Å²) in [6.07, 6.45) is 2.93. The maximum Gasteiger partial charge on any atom is 0.259 e. The van der Waals surface area contributed by atoms with Crippen molar-refractivity contribution in [1.29, 1.82) is 0 Å². The summed E-state index contributed by atoms with van der Waals surface area (Å²) in [6, 6.07) is 1.63. The summed E-state index contributed by atoms with van der Waals surface area (Å²) in [4.78, 5) is 18.7. The van der Waals surface area contributed by atoms with E-state index in [0.29, 0.717) is 0 Å². The van der Waals surface area contributed by atoms with Crippen molar-refractivity contribution in [3.63, 3.8) is 0 Å². The van der Waals surface area contributed by atoms with Gasteiger partial charge < -0.3 is 0 Å². The van der Waals surface area contributed by atoms with Crippen LogP contribution in [0.3, 0.4) is 0 Å². The number of aryl methyl sites for hydroxylation is 1. The molecule has 0 bridgehead atoms. The normalized spacial score (nSPS) is 15.3. The maximum absolute atomic E-state index is 12.0. The Kier molecular flexibility index (Phi) is 2.73. The molecule has 2 aromatic rings. The average Bonchev–Trinajstić information content (AvgIpc) is 2.67. The molecule has 0 aliphatic carbocycles. The van der Waals surface area contributed by atoms with E-state index in [1.165, 1.54) is 22.3 Å². The number of hydrogen-bond donors (Lipinski definition) is 0. The Morgan fingerprint density at radius 1 is 1.56 bits per heavy atom. The number of fused-ring (bicyclic) bond motifs is 3. The van der Waals surface area contributed by atoms with E-state index < -0.39 is 0 Å². The van der Waals surface area contributed by atoms with Crippen LogP contribution in [0.15, 0.2) is 15.9 Å². The van der Waals surface area contributed by atoms with E-state index in [0.717, 1.165) is 27.9 Å². The van der Waals surface area contributed by atoms with E-state index >= 15 is 0 Å². The van der Waals surface area contributed by atoms with E-state index in [9.17, 15) is 4.79 Å². The van der Waals surface area contributed by atoms with Gasteiger partial charge in [-0.3, -0.25) is 9.20 Å². The molecule has 0 atom stereocenters. The van der Waals surface area contributed by atoms with Crippen molar-refractivity contribution in [3.8, 4) is 0 Å². The van der Waals surface area contributed by atoms with Crippen molar-refractivity contribution in [3.05, 3.63) is 27.0 Å². The highest BCUT2D eigenvalue weighted by Gasteiger charge is 2.18. The fourth-order valence-corrected chi connectivity index (χ4v) is 4.59. The molecule has 16 heavy (non-hydrogen) atoms. The predicted molar refractivity (Wildman–Crippen MR) is 71.0 cm³/mol. The van der Waals surface area contributed by atoms with E-state index in [1.54, 1.807) is 21.8 Å². The molecule has 3 nitrogen and oxygen atoms in total. The Labute approximate surface area is 105 Å². The molecule has 1 aliphatic heterocycles. The number of thioether (sulfide) groups is 2. The van der Waals surface area contributed by atoms with Crippen LogP contribution in [0.4, 0.5) is 0 Å². The Balaban J connectivity index is 2.34. The fourth-order valence-electron chi connectivity index (χ4n) is 1.85. The van der Waals surface area contributed by atoms with Crippen LogP contribution in [0.1, 0.15) is 10.6 Å². The second kappa shape index (κ2) is 4.09. The molecule has 3 heterocycles. The topological polar surface area (TPSA) is 34.4 Å². The Morgan fingerprint density at radius 3 is 3.25 bits per heavy atom. The van der Waals surface area contributed by atoms with Gasteiger partial charge in [0.25, 0.3) is 5.56 Å². The van der Waals surface area contributed by atoms with Crippen LogP contribution in [0.2, 0.25) is 0 Å². The van der Waals surface area contributed by atoms with Gasteiger partial charge in [-0.2, -0.15) is 11.8 Å². The van der Waals surface area contributed by atoms with Crippen LogP contribution in [0, 0.1) is 0 Å². The number of thiazole rings is 1. The standard InChI is InChI=1S/C10H10N2OS3/c1-14-8-4-9(13)12-6-2-3-15-5-7(6)16-10(12)11-8/h4H,2-3,5H2,1H3. The molecule has 0 spiro atoms. The summed E-state index contributed by atoms with van der Waals surface area (Å²) < 4.78 is 1.79. The van der Waals surface area contributed by atoms with Crippen molar-refractivity contribution in [2.45, 2.75) is 17.2 Å². The first-order valence-corrected chi connectivity index (χ1v) is 8.15. The molecule has 0 amide bonds. The van der Waals surface area contributed by atoms with Gasteiger partial charge in [0.05, 0.1) is 0 Å². The molecular weight excluding hydrogens is 260 g/mol. The van der Waals surface area contributed by atoms with Gasteiger partial charge in [-0.15, -0.1) is 23.1 Å². The number of aromatic nitrogens is 2. The molecule has 6 heteroatoms. The molecule has 0 unspecified atom stereocenters. The van der Waals surface area contributed by atoms with Gasteiger partial charge in [-0.1, -0.05) is 0 Å². The summed E-state index contributed by atoms with van der Waals surface area (Å²) in [7, 11) is 0. The lowest BCUT2D eigenvalue weighted by Gasteiger charge is -2.09. The molecular formula is C10H10N2OS3. The first kappa shape index (κ1) is 10.7. The minimum atomic E-state index is 0.0683. The van der Waals surface area contributed by atoms with Crippen LogP contribution in [0.25, 0.3) is 4.96 Å². The van der Waals surface area contributed by atoms with Gasteiger partial charge in [0.1, 0.15) is 5.03 Å². The van der Waals surface area contributed by atoms with Crippen molar-refractivity contribution >= 4 is 39.8 Å². The van der Waals surface area contributed by atoms with Gasteiger partial charge in [0, 0.05) is 22.4 Å². The molecule has 0 radical (unpaired) electrons. The molecule has 2 aromatic heterocycles. The first-order chi connectivity index (χ1) is 7.79. The lowest BCUT2D eigenvalue weighted by Crippen LogP contribution is -2.17. The summed E-state index contributed by atoms with van der Waals surface area (Å²) in [6.45, 7) is 0. The SMILES string of the molecule is CSc1cc(=O)n2c3c(sc2n1)CSCC3. The fraction of sp³-hybridized carbons (Fsp3) is 0.400. The molecule has 0 saturated carbocycles. The van der Waals surface area contributed by atoms with Gasteiger partial charge in [-0.05, 0) is 18.4 Å². The van der Waals surface area contributed by atoms with Crippen molar-refractivity contribution in [1.82, 2.24) is 9.38 Å². The first-order valence-electron chi connectivity index (χ1n) is 4.95. The number of nitrogens with zero attached hydrogens (tertiary/aromatic N) is 2. The minimum Gasteiger partial charge on any atom is -0.269 e. The van der Waals surface area contributed by atoms with Gasteiger partial charge in [-0.25, -0.2) is 4.98 Å². The van der Waals surface area contributed by atoms with Gasteiger partial charge in [0.15, 0.2) is 4.96 Å². The molecule has 0 saturated heterocycles. The molecule has 0 N–H and O–H groups in total. The van der Waals surface area contributed by atoms with Crippen LogP contribution >= 0.6 is 34.9 Å². The quantitative estimate of drug-likeness (QED) is 0.588. The summed E-state index contributed by atoms with van der Waals surface area (Å²) in [5.41, 5.74) is 1.25. The average molecular weight is 270 g/mol. The van der Waals surface area contributed by atoms with Crippen molar-refractivity contribution < 1.29 is 0 Å².